The van der Waals surface area contributed by atoms with Gasteiger partial charge in [-0.1, -0.05) is 6.92 Å². The average molecular weight is 445 g/mol. The fraction of sp³-hybridized carbons (Fsp3) is 0.333. The lowest BCUT2D eigenvalue weighted by Crippen LogP contribution is -2.19. The van der Waals surface area contributed by atoms with Crippen LogP contribution in [0.3, 0.4) is 0 Å². The summed E-state index contributed by atoms with van der Waals surface area (Å²) in [6.07, 6.45) is 5.11. The minimum atomic E-state index is -1.86. The standard InChI is InChI=1S/C24H20F5N3/c1-11(24-31-22-20(28)18(26)19(27)21(29)23(22)32-24)12-2-4-13(5-3-12)15-8-9-30-17-7-6-14(25)10-16(15)17/h6-13H,2-5H2,1H3,(H,31,32)/t11-,12?,13?/m0/s1. The number of H-pyrrole nitrogens is 1. The molecule has 1 saturated carbocycles. The number of nitrogens with one attached hydrogen (secondary N) is 1. The Balaban J connectivity index is 1.38. The van der Waals surface area contributed by atoms with Gasteiger partial charge in [-0.05, 0) is 67.3 Å². The van der Waals surface area contributed by atoms with E-state index in [1.165, 1.54) is 12.1 Å². The van der Waals surface area contributed by atoms with Crippen molar-refractivity contribution in [2.75, 3.05) is 0 Å². The van der Waals surface area contributed by atoms with Crippen molar-refractivity contribution < 1.29 is 22.0 Å². The number of imidazole rings is 1. The molecule has 3 nitrogen and oxygen atoms in total. The zero-order valence-electron chi connectivity index (χ0n) is 17.2. The maximum absolute atomic E-state index is 14.1. The molecule has 1 aliphatic carbocycles. The molecule has 5 rings (SSSR count). The van der Waals surface area contributed by atoms with Crippen LogP contribution in [0, 0.1) is 35.0 Å². The Labute approximate surface area is 180 Å². The molecule has 2 aromatic carbocycles. The number of hydrogen-bond acceptors (Lipinski definition) is 2. The summed E-state index contributed by atoms with van der Waals surface area (Å²) in [6, 6.07) is 6.52. The molecule has 32 heavy (non-hydrogen) atoms. The molecule has 2 aromatic heterocycles. The van der Waals surface area contributed by atoms with Crippen molar-refractivity contribution in [1.29, 1.82) is 0 Å². The summed E-state index contributed by atoms with van der Waals surface area (Å²) in [5.74, 6) is -6.41. The Hall–Kier alpha value is -3.03. The number of halogens is 5. The zero-order valence-corrected chi connectivity index (χ0v) is 17.2. The minimum absolute atomic E-state index is 0.178. The van der Waals surface area contributed by atoms with Gasteiger partial charge >= 0.3 is 0 Å². The lowest BCUT2D eigenvalue weighted by molar-refractivity contribution is 0.286. The Morgan fingerprint density at radius 1 is 0.906 bits per heavy atom. The number of fused-ring (bicyclic) bond motifs is 2. The quantitative estimate of drug-likeness (QED) is 0.212. The molecule has 2 heterocycles. The summed E-state index contributed by atoms with van der Waals surface area (Å²) in [5, 5.41) is 0.816. The van der Waals surface area contributed by atoms with Gasteiger partial charge in [0.25, 0.3) is 0 Å². The first-order valence-electron chi connectivity index (χ1n) is 10.6. The summed E-state index contributed by atoms with van der Waals surface area (Å²) in [5.41, 5.74) is 0.842. The predicted octanol–water partition coefficient (Wildman–Crippen LogP) is 6.88. The van der Waals surface area contributed by atoms with Gasteiger partial charge in [0.05, 0.1) is 5.52 Å². The van der Waals surface area contributed by atoms with E-state index >= 15 is 0 Å². The number of aromatic nitrogens is 3. The highest BCUT2D eigenvalue weighted by Gasteiger charge is 2.31. The first-order valence-corrected chi connectivity index (χ1v) is 10.6. The summed E-state index contributed by atoms with van der Waals surface area (Å²) >= 11 is 0. The van der Waals surface area contributed by atoms with E-state index in [0.717, 1.165) is 42.1 Å². The van der Waals surface area contributed by atoms with Gasteiger partial charge in [0.15, 0.2) is 23.3 Å². The van der Waals surface area contributed by atoms with E-state index in [1.54, 1.807) is 12.3 Å². The molecule has 0 aliphatic heterocycles. The number of rotatable bonds is 3. The third-order valence-corrected chi connectivity index (χ3v) is 6.82. The molecule has 0 unspecified atom stereocenters. The van der Waals surface area contributed by atoms with Gasteiger partial charge in [0.2, 0.25) is 0 Å². The van der Waals surface area contributed by atoms with Crippen LogP contribution in [-0.4, -0.2) is 15.0 Å². The SMILES string of the molecule is C[C@H](c1nc2c(F)c(F)c(F)c(F)c2[nH]1)C1CCC(c2ccnc3ccc(F)cc23)CC1. The largest absolute Gasteiger partial charge is 0.339 e. The van der Waals surface area contributed by atoms with Crippen molar-refractivity contribution >= 4 is 21.9 Å². The molecule has 0 radical (unpaired) electrons. The third-order valence-electron chi connectivity index (χ3n) is 6.82. The second kappa shape index (κ2) is 7.83. The lowest BCUT2D eigenvalue weighted by Gasteiger charge is -2.32. The smallest absolute Gasteiger partial charge is 0.199 e. The number of nitrogens with zero attached hydrogens (tertiary/aromatic N) is 2. The van der Waals surface area contributed by atoms with Gasteiger partial charge in [0, 0.05) is 17.5 Å². The normalized spacial score (nSPS) is 20.2. The maximum Gasteiger partial charge on any atom is 0.199 e. The molecule has 166 valence electrons. The minimum Gasteiger partial charge on any atom is -0.339 e. The highest BCUT2D eigenvalue weighted by atomic mass is 19.2. The summed E-state index contributed by atoms with van der Waals surface area (Å²) < 4.78 is 69.0. The molecule has 0 bridgehead atoms. The van der Waals surface area contributed by atoms with E-state index in [0.29, 0.717) is 5.82 Å². The Morgan fingerprint density at radius 2 is 1.62 bits per heavy atom. The molecule has 1 N–H and O–H groups in total. The van der Waals surface area contributed by atoms with Crippen LogP contribution in [-0.2, 0) is 0 Å². The van der Waals surface area contributed by atoms with Crippen LogP contribution in [0.2, 0.25) is 0 Å². The summed E-state index contributed by atoms with van der Waals surface area (Å²) in [6.45, 7) is 1.89. The molecule has 8 heteroatoms. The van der Waals surface area contributed by atoms with Crippen LogP contribution in [0.4, 0.5) is 22.0 Å². The number of aromatic amines is 1. The number of hydrogen-bond donors (Lipinski definition) is 1. The van der Waals surface area contributed by atoms with Crippen molar-refractivity contribution in [3.8, 4) is 0 Å². The Kier molecular flexibility index (Phi) is 5.10. The lowest BCUT2D eigenvalue weighted by atomic mass is 9.73. The van der Waals surface area contributed by atoms with Crippen LogP contribution in [0.15, 0.2) is 30.5 Å². The zero-order chi connectivity index (χ0) is 22.6. The molecule has 0 amide bonds. The Morgan fingerprint density at radius 3 is 2.38 bits per heavy atom. The molecule has 1 atom stereocenters. The van der Waals surface area contributed by atoms with Crippen molar-refractivity contribution in [3.05, 3.63) is 70.9 Å². The summed E-state index contributed by atoms with van der Waals surface area (Å²) in [7, 11) is 0. The van der Waals surface area contributed by atoms with Gasteiger partial charge in [0.1, 0.15) is 22.7 Å². The van der Waals surface area contributed by atoms with Gasteiger partial charge in [-0.15, -0.1) is 0 Å². The molecular formula is C24H20F5N3. The molecule has 1 fully saturated rings. The van der Waals surface area contributed by atoms with E-state index in [4.69, 9.17) is 0 Å². The van der Waals surface area contributed by atoms with Crippen LogP contribution in [0.25, 0.3) is 21.9 Å². The molecule has 4 aromatic rings. The monoisotopic (exact) mass is 445 g/mol. The van der Waals surface area contributed by atoms with Gasteiger partial charge in [-0.25, -0.2) is 26.9 Å². The van der Waals surface area contributed by atoms with Crippen molar-refractivity contribution in [1.82, 2.24) is 15.0 Å². The van der Waals surface area contributed by atoms with E-state index in [-0.39, 0.29) is 23.6 Å². The Bertz CT molecular complexity index is 1280. The van der Waals surface area contributed by atoms with E-state index < -0.39 is 34.3 Å². The second-order valence-corrected chi connectivity index (χ2v) is 8.56. The third kappa shape index (κ3) is 3.32. The maximum atomic E-state index is 14.1. The van der Waals surface area contributed by atoms with Crippen molar-refractivity contribution in [2.24, 2.45) is 5.92 Å². The molecule has 0 saturated heterocycles. The molecule has 0 spiro atoms. The van der Waals surface area contributed by atoms with Gasteiger partial charge < -0.3 is 4.98 Å². The predicted molar refractivity (Wildman–Crippen MR) is 111 cm³/mol. The van der Waals surface area contributed by atoms with Crippen LogP contribution >= 0.6 is 0 Å². The highest BCUT2D eigenvalue weighted by Crippen LogP contribution is 2.43. The van der Waals surface area contributed by atoms with Crippen LogP contribution < -0.4 is 0 Å². The first kappa shape index (κ1) is 20.8. The van der Waals surface area contributed by atoms with E-state index in [2.05, 4.69) is 15.0 Å². The topological polar surface area (TPSA) is 41.6 Å². The van der Waals surface area contributed by atoms with E-state index in [9.17, 15) is 22.0 Å². The molecule has 1 aliphatic rings. The average Bonchev–Trinajstić information content (AvgIpc) is 3.26. The number of benzene rings is 2. The van der Waals surface area contributed by atoms with Gasteiger partial charge in [-0.2, -0.15) is 0 Å². The molecular weight excluding hydrogens is 425 g/mol. The summed E-state index contributed by atoms with van der Waals surface area (Å²) in [4.78, 5) is 11.0. The van der Waals surface area contributed by atoms with Crippen molar-refractivity contribution in [2.45, 2.75) is 44.4 Å². The number of pyridine rings is 1. The van der Waals surface area contributed by atoms with Crippen LogP contribution in [0.5, 0.6) is 0 Å². The second-order valence-electron chi connectivity index (χ2n) is 8.56. The fourth-order valence-corrected chi connectivity index (χ4v) is 4.98. The van der Waals surface area contributed by atoms with Gasteiger partial charge in [-0.3, -0.25) is 4.98 Å². The van der Waals surface area contributed by atoms with Crippen molar-refractivity contribution in [3.63, 3.8) is 0 Å². The first-order chi connectivity index (χ1) is 15.3. The van der Waals surface area contributed by atoms with Crippen LogP contribution in [0.1, 0.15) is 55.8 Å². The van der Waals surface area contributed by atoms with E-state index in [1.807, 2.05) is 13.0 Å². The highest BCUT2D eigenvalue weighted by molar-refractivity contribution is 5.82. The fourth-order valence-electron chi connectivity index (χ4n) is 4.98.